The fourth-order valence-corrected chi connectivity index (χ4v) is 2.62. The minimum Gasteiger partial charge on any atom is -0.466 e. The average Bonchev–Trinajstić information content (AvgIpc) is 2.61. The lowest BCUT2D eigenvalue weighted by atomic mass is 9.98. The van der Waals surface area contributed by atoms with Crippen molar-refractivity contribution in [2.75, 3.05) is 25.4 Å². The van der Waals surface area contributed by atoms with Crippen molar-refractivity contribution < 1.29 is 23.9 Å². The molecule has 8 heteroatoms. The smallest absolute Gasteiger partial charge is 0.316 e. The number of anilines is 1. The summed E-state index contributed by atoms with van der Waals surface area (Å²) < 4.78 is 4.96. The molecule has 3 N–H and O–H groups in total. The van der Waals surface area contributed by atoms with Crippen LogP contribution in [0.5, 0.6) is 0 Å². The summed E-state index contributed by atoms with van der Waals surface area (Å²) >= 11 is 0. The first-order valence-electron chi connectivity index (χ1n) is 8.09. The molecule has 3 amide bonds. The third kappa shape index (κ3) is 4.79. The van der Waals surface area contributed by atoms with Gasteiger partial charge in [0.25, 0.3) is 5.91 Å². The number of ether oxygens (including phenoxy) is 1. The summed E-state index contributed by atoms with van der Waals surface area (Å²) in [5.74, 6) is -3.36. The summed E-state index contributed by atoms with van der Waals surface area (Å²) in [7, 11) is 0. The zero-order valence-electron chi connectivity index (χ0n) is 14.0. The molecule has 1 aliphatic heterocycles. The number of likely N-dealkylation sites (tertiary alicyclic amines) is 1. The highest BCUT2D eigenvalue weighted by molar-refractivity contribution is 6.38. The van der Waals surface area contributed by atoms with E-state index in [0.717, 1.165) is 0 Å². The Bertz CT molecular complexity index is 671. The van der Waals surface area contributed by atoms with E-state index in [-0.39, 0.29) is 24.7 Å². The van der Waals surface area contributed by atoms with Gasteiger partial charge < -0.3 is 15.4 Å². The number of nitrogens with one attached hydrogen (secondary N) is 1. The molecule has 1 unspecified atom stereocenters. The third-order valence-electron chi connectivity index (χ3n) is 3.92. The molecule has 25 heavy (non-hydrogen) atoms. The van der Waals surface area contributed by atoms with Crippen LogP contribution in [0.4, 0.5) is 5.69 Å². The molecule has 8 nitrogen and oxygen atoms in total. The van der Waals surface area contributed by atoms with Gasteiger partial charge in [0.2, 0.25) is 0 Å². The van der Waals surface area contributed by atoms with Crippen molar-refractivity contribution in [3.8, 4) is 0 Å². The summed E-state index contributed by atoms with van der Waals surface area (Å²) in [6, 6.07) is 5.96. The Labute approximate surface area is 145 Å². The first-order valence-corrected chi connectivity index (χ1v) is 8.09. The highest BCUT2D eigenvalue weighted by Crippen LogP contribution is 2.18. The molecule has 0 bridgehead atoms. The van der Waals surface area contributed by atoms with Gasteiger partial charge in [-0.05, 0) is 44.0 Å². The first kappa shape index (κ1) is 18.4. The number of benzene rings is 1. The number of nitrogens with two attached hydrogens (primary N) is 1. The van der Waals surface area contributed by atoms with Crippen LogP contribution in [-0.4, -0.2) is 48.3 Å². The molecule has 1 atom stereocenters. The molecular weight excluding hydrogens is 326 g/mol. The topological polar surface area (TPSA) is 119 Å². The highest BCUT2D eigenvalue weighted by Gasteiger charge is 2.32. The zero-order chi connectivity index (χ0) is 18.4. The van der Waals surface area contributed by atoms with E-state index in [0.29, 0.717) is 25.1 Å². The predicted octanol–water partition coefficient (Wildman–Crippen LogP) is 0.327. The van der Waals surface area contributed by atoms with Crippen LogP contribution in [0.1, 0.15) is 30.1 Å². The molecule has 1 heterocycles. The Morgan fingerprint density at radius 2 is 1.92 bits per heavy atom. The van der Waals surface area contributed by atoms with Crippen LogP contribution in [0, 0.1) is 5.92 Å². The van der Waals surface area contributed by atoms with Crippen molar-refractivity contribution in [2.24, 2.45) is 5.92 Å². The fourth-order valence-electron chi connectivity index (χ4n) is 2.62. The van der Waals surface area contributed by atoms with Crippen LogP contribution in [0.25, 0.3) is 0 Å². The minimum atomic E-state index is -1.02. The van der Waals surface area contributed by atoms with Crippen molar-refractivity contribution in [1.29, 1.82) is 0 Å². The third-order valence-corrected chi connectivity index (χ3v) is 3.92. The quantitative estimate of drug-likeness (QED) is 0.462. The van der Waals surface area contributed by atoms with E-state index in [4.69, 9.17) is 10.5 Å². The average molecular weight is 347 g/mol. The number of hydrogen-bond donors (Lipinski definition) is 2. The number of hydrogen-bond acceptors (Lipinski definition) is 6. The van der Waals surface area contributed by atoms with Gasteiger partial charge in [-0.15, -0.1) is 0 Å². The molecule has 1 aromatic carbocycles. The number of nitrogens with zero attached hydrogens (tertiary/aromatic N) is 1. The lowest BCUT2D eigenvalue weighted by molar-refractivity contribution is -0.153. The SMILES string of the molecule is CCOC(=O)C1CCCN(C(=O)C(=O)NC(=O)c2ccc(N)cc2)C1. The maximum absolute atomic E-state index is 12.2. The Morgan fingerprint density at radius 1 is 1.24 bits per heavy atom. The summed E-state index contributed by atoms with van der Waals surface area (Å²) in [4.78, 5) is 49.3. The lowest BCUT2D eigenvalue weighted by Crippen LogP contribution is -2.49. The van der Waals surface area contributed by atoms with Gasteiger partial charge in [0.1, 0.15) is 0 Å². The molecule has 0 radical (unpaired) electrons. The van der Waals surface area contributed by atoms with Crippen molar-refractivity contribution in [1.82, 2.24) is 10.2 Å². The number of imide groups is 1. The molecule has 1 saturated heterocycles. The maximum Gasteiger partial charge on any atom is 0.316 e. The number of esters is 1. The van der Waals surface area contributed by atoms with E-state index >= 15 is 0 Å². The summed E-state index contributed by atoms with van der Waals surface area (Å²) in [6.45, 7) is 2.44. The minimum absolute atomic E-state index is 0.112. The van der Waals surface area contributed by atoms with Crippen molar-refractivity contribution >= 4 is 29.4 Å². The highest BCUT2D eigenvalue weighted by atomic mass is 16.5. The summed E-state index contributed by atoms with van der Waals surface area (Å²) in [5.41, 5.74) is 6.24. The standard InChI is InChI=1S/C17H21N3O5/c1-2-25-17(24)12-4-3-9-20(10-12)16(23)15(22)19-14(21)11-5-7-13(18)8-6-11/h5-8,12H,2-4,9-10,18H2,1H3,(H,19,21,22). The molecule has 134 valence electrons. The zero-order valence-corrected chi connectivity index (χ0v) is 14.0. The van der Waals surface area contributed by atoms with E-state index in [1.165, 1.54) is 29.2 Å². The van der Waals surface area contributed by atoms with Crippen LogP contribution in [-0.2, 0) is 19.1 Å². The number of amides is 3. The summed E-state index contributed by atoms with van der Waals surface area (Å²) in [5, 5.41) is 2.06. The molecular formula is C17H21N3O5. The number of nitrogen functional groups attached to an aromatic ring is 1. The molecule has 2 rings (SSSR count). The van der Waals surface area contributed by atoms with Gasteiger partial charge in [0.15, 0.2) is 0 Å². The van der Waals surface area contributed by atoms with Gasteiger partial charge in [-0.2, -0.15) is 0 Å². The molecule has 0 aromatic heterocycles. The van der Waals surface area contributed by atoms with Gasteiger partial charge in [0, 0.05) is 24.3 Å². The van der Waals surface area contributed by atoms with Gasteiger partial charge in [-0.25, -0.2) is 0 Å². The normalized spacial score (nSPS) is 16.8. The monoisotopic (exact) mass is 347 g/mol. The number of carbonyl (C=O) groups is 4. The maximum atomic E-state index is 12.2. The van der Waals surface area contributed by atoms with Gasteiger partial charge in [-0.3, -0.25) is 24.5 Å². The van der Waals surface area contributed by atoms with Crippen molar-refractivity contribution in [2.45, 2.75) is 19.8 Å². The fraction of sp³-hybridized carbons (Fsp3) is 0.412. The van der Waals surface area contributed by atoms with E-state index < -0.39 is 23.6 Å². The second-order valence-corrected chi connectivity index (χ2v) is 5.75. The second-order valence-electron chi connectivity index (χ2n) is 5.75. The van der Waals surface area contributed by atoms with Crippen LogP contribution in [0.2, 0.25) is 0 Å². The second kappa shape index (κ2) is 8.27. The molecule has 0 saturated carbocycles. The molecule has 1 aliphatic rings. The number of carbonyl (C=O) groups excluding carboxylic acids is 4. The first-order chi connectivity index (χ1) is 11.9. The van der Waals surface area contributed by atoms with Crippen LogP contribution >= 0.6 is 0 Å². The molecule has 1 aromatic rings. The van der Waals surface area contributed by atoms with E-state index in [9.17, 15) is 19.2 Å². The van der Waals surface area contributed by atoms with Crippen LogP contribution < -0.4 is 11.1 Å². The van der Waals surface area contributed by atoms with Gasteiger partial charge in [-0.1, -0.05) is 0 Å². The Balaban J connectivity index is 1.94. The van der Waals surface area contributed by atoms with Crippen LogP contribution in [0.3, 0.4) is 0 Å². The molecule has 1 fully saturated rings. The van der Waals surface area contributed by atoms with E-state index in [1.54, 1.807) is 6.92 Å². The Morgan fingerprint density at radius 3 is 2.56 bits per heavy atom. The van der Waals surface area contributed by atoms with Gasteiger partial charge >= 0.3 is 17.8 Å². The van der Waals surface area contributed by atoms with Crippen LogP contribution in [0.15, 0.2) is 24.3 Å². The van der Waals surface area contributed by atoms with E-state index in [1.807, 2.05) is 0 Å². The Hall–Kier alpha value is -2.90. The van der Waals surface area contributed by atoms with Gasteiger partial charge in [0.05, 0.1) is 12.5 Å². The molecule has 0 aliphatic carbocycles. The van der Waals surface area contributed by atoms with Crippen molar-refractivity contribution in [3.63, 3.8) is 0 Å². The number of piperidine rings is 1. The Kier molecular flexibility index (Phi) is 6.10. The van der Waals surface area contributed by atoms with Crippen molar-refractivity contribution in [3.05, 3.63) is 29.8 Å². The predicted molar refractivity (Wildman–Crippen MR) is 89.3 cm³/mol. The lowest BCUT2D eigenvalue weighted by Gasteiger charge is -2.30. The van der Waals surface area contributed by atoms with E-state index in [2.05, 4.69) is 5.32 Å². The summed E-state index contributed by atoms with van der Waals surface area (Å²) in [6.07, 6.45) is 1.20. The largest absolute Gasteiger partial charge is 0.466 e. The molecule has 0 spiro atoms. The number of rotatable bonds is 3.